The zero-order valence-electron chi connectivity index (χ0n) is 15.8. The highest BCUT2D eigenvalue weighted by atomic mass is 16.6. The number of carboxylic acid groups (broad SMARTS) is 1. The van der Waals surface area contributed by atoms with Gasteiger partial charge in [0, 0.05) is 12.1 Å². The van der Waals surface area contributed by atoms with Crippen LogP contribution in [0.4, 0.5) is 4.79 Å². The van der Waals surface area contributed by atoms with Crippen molar-refractivity contribution < 1.29 is 19.4 Å². The molecule has 2 aromatic rings. The molecule has 1 aliphatic heterocycles. The molecule has 0 unspecified atom stereocenters. The van der Waals surface area contributed by atoms with E-state index in [2.05, 4.69) is 0 Å². The number of likely N-dealkylation sites (tertiary alicyclic amines) is 1. The van der Waals surface area contributed by atoms with Gasteiger partial charge in [-0.1, -0.05) is 18.2 Å². The Bertz CT molecular complexity index is 857. The molecule has 0 saturated carbocycles. The zero-order chi connectivity index (χ0) is 19.6. The summed E-state index contributed by atoms with van der Waals surface area (Å²) in [6.45, 7) is 6.19. The van der Waals surface area contributed by atoms with E-state index in [1.807, 2.05) is 45.0 Å². The van der Waals surface area contributed by atoms with E-state index < -0.39 is 11.6 Å². The second kappa shape index (κ2) is 7.39. The third kappa shape index (κ3) is 4.45. The largest absolute Gasteiger partial charge is 0.478 e. The van der Waals surface area contributed by atoms with E-state index >= 15 is 0 Å². The van der Waals surface area contributed by atoms with Crippen LogP contribution in [0.15, 0.2) is 42.5 Å². The minimum Gasteiger partial charge on any atom is -0.478 e. The number of pyridine rings is 1. The van der Waals surface area contributed by atoms with Gasteiger partial charge < -0.3 is 9.84 Å². The third-order valence-electron chi connectivity index (χ3n) is 4.40. The average molecular weight is 368 g/mol. The van der Waals surface area contributed by atoms with E-state index in [4.69, 9.17) is 9.72 Å². The van der Waals surface area contributed by atoms with E-state index in [1.165, 1.54) is 0 Å². The standard InChI is InChI=1S/C21H24N2O4/c1-21(2,3)27-20(26)23-12-6-11-18(23)17-10-5-9-16(22-17)14-7-4-8-15(13-14)19(24)25/h4-5,7-10,13,18H,6,11-12H2,1-3H3,(H,24,25)/t18-/m0/s1. The summed E-state index contributed by atoms with van der Waals surface area (Å²) in [7, 11) is 0. The van der Waals surface area contributed by atoms with Gasteiger partial charge in [-0.05, 0) is 57.9 Å². The van der Waals surface area contributed by atoms with E-state index in [9.17, 15) is 14.7 Å². The Morgan fingerprint density at radius 2 is 1.93 bits per heavy atom. The normalized spacial score (nSPS) is 17.0. The van der Waals surface area contributed by atoms with Crippen molar-refractivity contribution in [3.8, 4) is 11.3 Å². The van der Waals surface area contributed by atoms with Crippen LogP contribution < -0.4 is 0 Å². The lowest BCUT2D eigenvalue weighted by Gasteiger charge is -2.28. The third-order valence-corrected chi connectivity index (χ3v) is 4.40. The number of hydrogen-bond acceptors (Lipinski definition) is 4. The quantitative estimate of drug-likeness (QED) is 0.862. The molecule has 0 spiro atoms. The molecular formula is C21H24N2O4. The van der Waals surface area contributed by atoms with Crippen molar-refractivity contribution in [1.29, 1.82) is 0 Å². The Kier molecular flexibility index (Phi) is 5.17. The molecule has 1 aromatic carbocycles. The molecule has 1 aromatic heterocycles. The van der Waals surface area contributed by atoms with Crippen LogP contribution in [0.2, 0.25) is 0 Å². The molecule has 1 aliphatic rings. The first kappa shape index (κ1) is 18.9. The fourth-order valence-corrected chi connectivity index (χ4v) is 3.22. The number of carbonyl (C=O) groups excluding carboxylic acids is 1. The van der Waals surface area contributed by atoms with Crippen molar-refractivity contribution >= 4 is 12.1 Å². The number of rotatable bonds is 3. The number of hydrogen-bond donors (Lipinski definition) is 1. The van der Waals surface area contributed by atoms with Crippen LogP contribution >= 0.6 is 0 Å². The van der Waals surface area contributed by atoms with Crippen molar-refractivity contribution in [2.75, 3.05) is 6.54 Å². The Morgan fingerprint density at radius 1 is 1.19 bits per heavy atom. The van der Waals surface area contributed by atoms with Crippen LogP contribution in [0.25, 0.3) is 11.3 Å². The number of aromatic carboxylic acids is 1. The lowest BCUT2D eigenvalue weighted by Crippen LogP contribution is -2.36. The number of ether oxygens (including phenoxy) is 1. The molecular weight excluding hydrogens is 344 g/mol. The van der Waals surface area contributed by atoms with Crippen LogP contribution in [-0.4, -0.2) is 39.2 Å². The summed E-state index contributed by atoms with van der Waals surface area (Å²) in [4.78, 5) is 30.2. The number of amides is 1. The minimum absolute atomic E-state index is 0.137. The lowest BCUT2D eigenvalue weighted by atomic mass is 10.1. The second-order valence-electron chi connectivity index (χ2n) is 7.67. The molecule has 27 heavy (non-hydrogen) atoms. The first-order valence-electron chi connectivity index (χ1n) is 9.05. The van der Waals surface area contributed by atoms with Crippen molar-refractivity contribution in [3.05, 3.63) is 53.7 Å². The van der Waals surface area contributed by atoms with Gasteiger partial charge >= 0.3 is 12.1 Å². The molecule has 1 saturated heterocycles. The molecule has 0 aliphatic carbocycles. The molecule has 0 radical (unpaired) electrons. The summed E-state index contributed by atoms with van der Waals surface area (Å²) >= 11 is 0. The van der Waals surface area contributed by atoms with Gasteiger partial charge in [-0.15, -0.1) is 0 Å². The Balaban J connectivity index is 1.87. The number of benzene rings is 1. The smallest absolute Gasteiger partial charge is 0.410 e. The zero-order valence-corrected chi connectivity index (χ0v) is 15.8. The average Bonchev–Trinajstić information content (AvgIpc) is 3.10. The summed E-state index contributed by atoms with van der Waals surface area (Å²) in [6, 6.07) is 12.2. The highest BCUT2D eigenvalue weighted by molar-refractivity contribution is 5.89. The van der Waals surface area contributed by atoms with Gasteiger partial charge in [-0.25, -0.2) is 9.59 Å². The first-order chi connectivity index (χ1) is 12.7. The Hall–Kier alpha value is -2.89. The van der Waals surface area contributed by atoms with Gasteiger partial charge in [-0.3, -0.25) is 9.88 Å². The van der Waals surface area contributed by atoms with Crippen LogP contribution in [-0.2, 0) is 4.74 Å². The summed E-state index contributed by atoms with van der Waals surface area (Å²) < 4.78 is 5.52. The number of carbonyl (C=O) groups is 2. The maximum atomic E-state index is 12.5. The monoisotopic (exact) mass is 368 g/mol. The van der Waals surface area contributed by atoms with Crippen LogP contribution in [0.5, 0.6) is 0 Å². The van der Waals surface area contributed by atoms with Crippen molar-refractivity contribution in [1.82, 2.24) is 9.88 Å². The summed E-state index contributed by atoms with van der Waals surface area (Å²) in [6.07, 6.45) is 1.39. The predicted molar refractivity (Wildman–Crippen MR) is 102 cm³/mol. The van der Waals surface area contributed by atoms with Gasteiger partial charge in [0.25, 0.3) is 0 Å². The second-order valence-corrected chi connectivity index (χ2v) is 7.67. The molecule has 6 heteroatoms. The van der Waals surface area contributed by atoms with E-state index in [0.717, 1.165) is 24.1 Å². The maximum absolute atomic E-state index is 12.5. The van der Waals surface area contributed by atoms with E-state index in [1.54, 1.807) is 23.1 Å². The van der Waals surface area contributed by atoms with Crippen molar-refractivity contribution in [3.63, 3.8) is 0 Å². The lowest BCUT2D eigenvalue weighted by molar-refractivity contribution is 0.0221. The van der Waals surface area contributed by atoms with Gasteiger partial charge in [-0.2, -0.15) is 0 Å². The topological polar surface area (TPSA) is 79.7 Å². The van der Waals surface area contributed by atoms with Gasteiger partial charge in [0.1, 0.15) is 5.60 Å². The fraction of sp³-hybridized carbons (Fsp3) is 0.381. The summed E-state index contributed by atoms with van der Waals surface area (Å²) in [5, 5.41) is 9.19. The highest BCUT2D eigenvalue weighted by Gasteiger charge is 2.34. The van der Waals surface area contributed by atoms with Crippen molar-refractivity contribution in [2.45, 2.75) is 45.3 Å². The van der Waals surface area contributed by atoms with Crippen LogP contribution in [0.3, 0.4) is 0 Å². The molecule has 1 atom stereocenters. The van der Waals surface area contributed by atoms with Crippen molar-refractivity contribution in [2.24, 2.45) is 0 Å². The summed E-state index contributed by atoms with van der Waals surface area (Å²) in [5.41, 5.74) is 1.88. The predicted octanol–water partition coefficient (Wildman–Crippen LogP) is 4.52. The van der Waals surface area contributed by atoms with Gasteiger partial charge in [0.05, 0.1) is 23.0 Å². The van der Waals surface area contributed by atoms with Gasteiger partial charge in [0.15, 0.2) is 0 Å². The Labute approximate surface area is 158 Å². The van der Waals surface area contributed by atoms with Crippen LogP contribution in [0, 0.1) is 0 Å². The van der Waals surface area contributed by atoms with E-state index in [-0.39, 0.29) is 17.7 Å². The molecule has 6 nitrogen and oxygen atoms in total. The minimum atomic E-state index is -0.972. The fourth-order valence-electron chi connectivity index (χ4n) is 3.22. The van der Waals surface area contributed by atoms with Crippen LogP contribution in [0.1, 0.15) is 55.7 Å². The molecule has 0 bridgehead atoms. The van der Waals surface area contributed by atoms with E-state index in [0.29, 0.717) is 12.2 Å². The molecule has 1 amide bonds. The first-order valence-corrected chi connectivity index (χ1v) is 9.05. The van der Waals surface area contributed by atoms with Gasteiger partial charge in [0.2, 0.25) is 0 Å². The molecule has 1 fully saturated rings. The SMILES string of the molecule is CC(C)(C)OC(=O)N1CCC[C@H]1c1cccc(-c2cccc(C(=O)O)c2)n1. The number of aromatic nitrogens is 1. The Morgan fingerprint density at radius 3 is 2.63 bits per heavy atom. The number of carboxylic acids is 1. The maximum Gasteiger partial charge on any atom is 0.410 e. The highest BCUT2D eigenvalue weighted by Crippen LogP contribution is 2.33. The molecule has 3 rings (SSSR count). The molecule has 2 heterocycles. The molecule has 1 N–H and O–H groups in total. The molecule has 142 valence electrons. The number of nitrogens with zero attached hydrogens (tertiary/aromatic N) is 2. The summed E-state index contributed by atoms with van der Waals surface area (Å²) in [5.74, 6) is -0.972.